The summed E-state index contributed by atoms with van der Waals surface area (Å²) in [7, 11) is 0. The van der Waals surface area contributed by atoms with Crippen LogP contribution in [-0.2, 0) is 11.5 Å². The molecule has 0 aliphatic carbocycles. The van der Waals surface area contributed by atoms with E-state index in [4.69, 9.17) is 20.7 Å². The summed E-state index contributed by atoms with van der Waals surface area (Å²) in [6, 6.07) is 0. The summed E-state index contributed by atoms with van der Waals surface area (Å²) in [5.74, 6) is -1.95. The van der Waals surface area contributed by atoms with Crippen molar-refractivity contribution in [3.05, 3.63) is 16.7 Å². The van der Waals surface area contributed by atoms with Crippen molar-refractivity contribution in [3.63, 3.8) is 0 Å². The molecule has 0 radical (unpaired) electrons. The van der Waals surface area contributed by atoms with E-state index in [1.54, 1.807) is 0 Å². The molecule has 2 rings (SSSR count). The minimum Gasteiger partial charge on any atom is -0.396 e. The van der Waals surface area contributed by atoms with E-state index in [1.165, 1.54) is 10.9 Å². The van der Waals surface area contributed by atoms with Crippen molar-refractivity contribution in [3.8, 4) is 0 Å². The third kappa shape index (κ3) is 2.77. The van der Waals surface area contributed by atoms with E-state index in [2.05, 4.69) is 15.0 Å². The first-order valence-electron chi connectivity index (χ1n) is 5.78. The number of rotatable bonds is 6. The number of nitrogens with one attached hydrogen (secondary N) is 1. The van der Waals surface area contributed by atoms with Crippen molar-refractivity contribution >= 4 is 17.1 Å². The zero-order valence-electron chi connectivity index (χ0n) is 10.5. The average molecular weight is 285 g/mol. The van der Waals surface area contributed by atoms with Crippen molar-refractivity contribution in [2.45, 2.75) is 18.9 Å². The predicted octanol–water partition coefficient (Wildman–Crippen LogP) is -2.26. The topological polar surface area (TPSA) is 160 Å². The van der Waals surface area contributed by atoms with E-state index < -0.39 is 18.0 Å². The van der Waals surface area contributed by atoms with Crippen LogP contribution in [0, 0.1) is 0 Å². The molecule has 0 aliphatic rings. The molecule has 6 N–H and O–H groups in total. The Balaban J connectivity index is 2.24. The number of nitrogens with two attached hydrogens (primary N) is 1. The van der Waals surface area contributed by atoms with E-state index in [0.717, 1.165) is 0 Å². The van der Waals surface area contributed by atoms with Gasteiger partial charge in [-0.2, -0.15) is 4.98 Å². The first kappa shape index (κ1) is 14.4. The molecule has 2 aromatic heterocycles. The highest BCUT2D eigenvalue weighted by Crippen LogP contribution is 2.14. The lowest BCUT2D eigenvalue weighted by Crippen LogP contribution is -2.38. The van der Waals surface area contributed by atoms with Gasteiger partial charge in [-0.05, 0) is 0 Å². The predicted molar refractivity (Wildman–Crippen MR) is 67.4 cm³/mol. The van der Waals surface area contributed by atoms with Crippen molar-refractivity contribution in [2.75, 3.05) is 18.9 Å². The van der Waals surface area contributed by atoms with Crippen LogP contribution in [0.25, 0.3) is 11.2 Å². The van der Waals surface area contributed by atoms with Crippen LogP contribution in [0.15, 0.2) is 11.1 Å². The number of hydrogen-bond donors (Lipinski definition) is 5. The zero-order valence-corrected chi connectivity index (χ0v) is 10.5. The minimum absolute atomic E-state index is 0.0722. The number of nitrogen functional groups attached to an aromatic ring is 1. The maximum atomic E-state index is 11.6. The highest BCUT2D eigenvalue weighted by molar-refractivity contribution is 5.70. The fourth-order valence-electron chi connectivity index (χ4n) is 1.63. The van der Waals surface area contributed by atoms with Gasteiger partial charge >= 0.3 is 0 Å². The van der Waals surface area contributed by atoms with Crippen molar-refractivity contribution in [1.82, 2.24) is 19.5 Å². The van der Waals surface area contributed by atoms with Crippen LogP contribution < -0.4 is 11.3 Å². The van der Waals surface area contributed by atoms with E-state index in [1.807, 2.05) is 0 Å². The Kier molecular flexibility index (Phi) is 3.99. The van der Waals surface area contributed by atoms with Crippen LogP contribution in [0.2, 0.25) is 0 Å². The number of nitrogens with zero attached hydrogens (tertiary/aromatic N) is 3. The molecule has 10 heteroatoms. The molecular weight excluding hydrogens is 270 g/mol. The van der Waals surface area contributed by atoms with Crippen LogP contribution >= 0.6 is 0 Å². The van der Waals surface area contributed by atoms with Crippen LogP contribution in [0.4, 0.5) is 5.95 Å². The Morgan fingerprint density at radius 2 is 2.25 bits per heavy atom. The van der Waals surface area contributed by atoms with Crippen molar-refractivity contribution in [1.29, 1.82) is 0 Å². The normalized spacial score (nSPS) is 14.6. The first-order chi connectivity index (χ1) is 9.49. The lowest BCUT2D eigenvalue weighted by molar-refractivity contribution is -0.247. The van der Waals surface area contributed by atoms with Gasteiger partial charge in [-0.3, -0.25) is 14.3 Å². The Hall–Kier alpha value is -2.01. The molecule has 0 saturated heterocycles. The number of imidazole rings is 1. The Labute approximate surface area is 112 Å². The smallest absolute Gasteiger partial charge is 0.280 e. The van der Waals surface area contributed by atoms with Crippen molar-refractivity contribution < 1.29 is 20.1 Å². The molecule has 110 valence electrons. The quantitative estimate of drug-likeness (QED) is 0.372. The first-order valence-corrected chi connectivity index (χ1v) is 5.78. The molecule has 2 heterocycles. The number of H-pyrrole nitrogens is 1. The number of fused-ring (bicyclic) bond motifs is 1. The number of aliphatic hydroxyl groups is 3. The molecule has 2 aromatic rings. The lowest BCUT2D eigenvalue weighted by atomic mass is 10.2. The second kappa shape index (κ2) is 5.54. The van der Waals surface area contributed by atoms with Crippen LogP contribution in [0.3, 0.4) is 0 Å². The summed E-state index contributed by atoms with van der Waals surface area (Å²) in [5.41, 5.74) is 5.22. The van der Waals surface area contributed by atoms with Crippen LogP contribution in [0.1, 0.15) is 6.42 Å². The van der Waals surface area contributed by atoms with Gasteiger partial charge < -0.3 is 25.8 Å². The monoisotopic (exact) mass is 285 g/mol. The maximum absolute atomic E-state index is 11.6. The molecule has 0 spiro atoms. The standard InChI is InChI=1S/C10H15N5O5/c11-9-13-7-6(8(18)14-9)12-4-15(7)5-20-10(19,3-17)1-2-16/h4,16-17,19H,1-3,5H2,(H3,11,13,14,18). The number of hydrogen-bond acceptors (Lipinski definition) is 8. The zero-order chi connectivity index (χ0) is 14.8. The molecule has 0 bridgehead atoms. The third-order valence-corrected chi connectivity index (χ3v) is 2.71. The van der Waals surface area contributed by atoms with Gasteiger partial charge in [0.2, 0.25) is 5.95 Å². The second-order valence-corrected chi connectivity index (χ2v) is 4.19. The van der Waals surface area contributed by atoms with E-state index in [0.29, 0.717) is 0 Å². The Morgan fingerprint density at radius 1 is 1.50 bits per heavy atom. The molecule has 10 nitrogen and oxygen atoms in total. The Bertz CT molecular complexity index is 653. The Morgan fingerprint density at radius 3 is 2.90 bits per heavy atom. The SMILES string of the molecule is Nc1nc2c(ncn2COC(O)(CO)CCO)c(=O)[nH]1. The average Bonchev–Trinajstić information content (AvgIpc) is 2.80. The molecule has 0 saturated carbocycles. The van der Waals surface area contributed by atoms with Gasteiger partial charge in [0.25, 0.3) is 5.56 Å². The molecular formula is C10H15N5O5. The van der Waals surface area contributed by atoms with Crippen LogP contribution in [-0.4, -0.2) is 53.8 Å². The van der Waals surface area contributed by atoms with Crippen LogP contribution in [0.5, 0.6) is 0 Å². The summed E-state index contributed by atoms with van der Waals surface area (Å²) in [6.07, 6.45) is 1.13. The van der Waals surface area contributed by atoms with Gasteiger partial charge in [-0.25, -0.2) is 4.98 Å². The molecule has 0 fully saturated rings. The summed E-state index contributed by atoms with van der Waals surface area (Å²) in [6.45, 7) is -1.26. The fourth-order valence-corrected chi connectivity index (χ4v) is 1.63. The number of aromatic amines is 1. The van der Waals surface area contributed by atoms with Gasteiger partial charge in [-0.15, -0.1) is 0 Å². The number of aliphatic hydroxyl groups excluding tert-OH is 2. The van der Waals surface area contributed by atoms with E-state index in [9.17, 15) is 9.90 Å². The summed E-state index contributed by atoms with van der Waals surface area (Å²) in [5, 5.41) is 27.7. The third-order valence-electron chi connectivity index (χ3n) is 2.71. The minimum atomic E-state index is -1.88. The summed E-state index contributed by atoms with van der Waals surface area (Å²) >= 11 is 0. The fraction of sp³-hybridized carbons (Fsp3) is 0.500. The molecule has 0 aromatic carbocycles. The highest BCUT2D eigenvalue weighted by atomic mass is 16.6. The van der Waals surface area contributed by atoms with Gasteiger partial charge in [0, 0.05) is 13.0 Å². The molecule has 1 atom stereocenters. The highest BCUT2D eigenvalue weighted by Gasteiger charge is 2.26. The number of ether oxygens (including phenoxy) is 1. The number of aromatic nitrogens is 4. The maximum Gasteiger partial charge on any atom is 0.280 e. The van der Waals surface area contributed by atoms with E-state index >= 15 is 0 Å². The van der Waals surface area contributed by atoms with Gasteiger partial charge in [0.05, 0.1) is 12.9 Å². The van der Waals surface area contributed by atoms with Gasteiger partial charge in [0.15, 0.2) is 17.0 Å². The second-order valence-electron chi connectivity index (χ2n) is 4.19. The number of anilines is 1. The molecule has 0 amide bonds. The van der Waals surface area contributed by atoms with Gasteiger partial charge in [-0.1, -0.05) is 0 Å². The molecule has 1 unspecified atom stereocenters. The van der Waals surface area contributed by atoms with Crippen molar-refractivity contribution in [2.24, 2.45) is 0 Å². The van der Waals surface area contributed by atoms with Gasteiger partial charge in [0.1, 0.15) is 6.73 Å². The summed E-state index contributed by atoms with van der Waals surface area (Å²) in [4.78, 5) is 21.6. The molecule has 20 heavy (non-hydrogen) atoms. The largest absolute Gasteiger partial charge is 0.396 e. The van der Waals surface area contributed by atoms with E-state index in [-0.39, 0.29) is 36.9 Å². The lowest BCUT2D eigenvalue weighted by Gasteiger charge is -2.25. The summed E-state index contributed by atoms with van der Waals surface area (Å²) < 4.78 is 6.47. The molecule has 0 aliphatic heterocycles.